The van der Waals surface area contributed by atoms with Gasteiger partial charge in [0.2, 0.25) is 0 Å². The van der Waals surface area contributed by atoms with Gasteiger partial charge in [-0.15, -0.1) is 0 Å². The first-order chi connectivity index (χ1) is 9.65. The fraction of sp³-hybridized carbons (Fsp3) is 0.125. The molecule has 4 heteroatoms. The lowest BCUT2D eigenvalue weighted by Crippen LogP contribution is -1.98. The zero-order valence-electron chi connectivity index (χ0n) is 11.1. The number of non-ortho nitro benzene ring substituents is 1. The van der Waals surface area contributed by atoms with Gasteiger partial charge < -0.3 is 4.57 Å². The van der Waals surface area contributed by atoms with Crippen molar-refractivity contribution in [3.63, 3.8) is 0 Å². The van der Waals surface area contributed by atoms with E-state index < -0.39 is 0 Å². The van der Waals surface area contributed by atoms with Gasteiger partial charge in [-0.05, 0) is 24.6 Å². The highest BCUT2D eigenvalue weighted by Crippen LogP contribution is 2.26. The van der Waals surface area contributed by atoms with Crippen molar-refractivity contribution in [3.05, 3.63) is 76.0 Å². The summed E-state index contributed by atoms with van der Waals surface area (Å²) in [5.41, 5.74) is 3.45. The summed E-state index contributed by atoms with van der Waals surface area (Å²) in [6, 6.07) is 15.3. The quantitative estimate of drug-likeness (QED) is 0.533. The number of nitrogens with zero attached hydrogens (tertiary/aromatic N) is 2. The summed E-state index contributed by atoms with van der Waals surface area (Å²) in [5.74, 6) is 0. The van der Waals surface area contributed by atoms with Crippen molar-refractivity contribution in [1.29, 1.82) is 0 Å². The fourth-order valence-electron chi connectivity index (χ4n) is 2.39. The molecular formula is C16H14N2O2. The van der Waals surface area contributed by atoms with E-state index in [-0.39, 0.29) is 10.6 Å². The van der Waals surface area contributed by atoms with E-state index in [2.05, 4.69) is 31.2 Å². The Bertz CT molecular complexity index is 773. The molecule has 3 aromatic rings. The minimum atomic E-state index is -0.335. The molecule has 0 aliphatic carbocycles. The van der Waals surface area contributed by atoms with E-state index >= 15 is 0 Å². The Kier molecular flexibility index (Phi) is 2.99. The molecule has 1 heterocycles. The molecule has 0 N–H and O–H groups in total. The van der Waals surface area contributed by atoms with E-state index in [0.717, 1.165) is 5.52 Å². The average Bonchev–Trinajstić information content (AvgIpc) is 2.84. The normalized spacial score (nSPS) is 10.8. The van der Waals surface area contributed by atoms with Crippen LogP contribution in [-0.4, -0.2) is 9.49 Å². The van der Waals surface area contributed by atoms with Crippen molar-refractivity contribution in [2.45, 2.75) is 13.5 Å². The molecule has 100 valence electrons. The molecule has 0 aliphatic rings. The van der Waals surface area contributed by atoms with Crippen molar-refractivity contribution in [3.8, 4) is 0 Å². The van der Waals surface area contributed by atoms with Gasteiger partial charge in [0.05, 0.1) is 15.8 Å². The lowest BCUT2D eigenvalue weighted by Gasteiger charge is -2.06. The van der Waals surface area contributed by atoms with Crippen molar-refractivity contribution >= 4 is 16.6 Å². The van der Waals surface area contributed by atoms with Crippen LogP contribution >= 0.6 is 0 Å². The molecule has 0 bridgehead atoms. The minimum Gasteiger partial charge on any atom is -0.343 e. The SMILES string of the molecule is Cc1ccc(Cn2ccc3c([N+](=O)[O-])cccc32)cc1. The molecule has 0 saturated carbocycles. The third-order valence-electron chi connectivity index (χ3n) is 3.46. The minimum absolute atomic E-state index is 0.158. The van der Waals surface area contributed by atoms with Gasteiger partial charge in [-0.3, -0.25) is 10.1 Å². The molecule has 4 nitrogen and oxygen atoms in total. The highest BCUT2D eigenvalue weighted by Gasteiger charge is 2.13. The van der Waals surface area contributed by atoms with Gasteiger partial charge in [0, 0.05) is 18.8 Å². The van der Waals surface area contributed by atoms with Crippen LogP contribution in [0.4, 0.5) is 5.69 Å². The molecular weight excluding hydrogens is 252 g/mol. The molecule has 0 atom stereocenters. The number of fused-ring (bicyclic) bond motifs is 1. The Labute approximate surface area is 116 Å². The summed E-state index contributed by atoms with van der Waals surface area (Å²) in [5, 5.41) is 11.7. The van der Waals surface area contributed by atoms with E-state index in [0.29, 0.717) is 11.9 Å². The third-order valence-corrected chi connectivity index (χ3v) is 3.46. The second-order valence-corrected chi connectivity index (χ2v) is 4.90. The van der Waals surface area contributed by atoms with Crippen LogP contribution in [0.5, 0.6) is 0 Å². The maximum absolute atomic E-state index is 11.0. The highest BCUT2D eigenvalue weighted by molar-refractivity contribution is 5.89. The van der Waals surface area contributed by atoms with Gasteiger partial charge in [-0.1, -0.05) is 35.9 Å². The maximum atomic E-state index is 11.0. The summed E-state index contributed by atoms with van der Waals surface area (Å²) in [6.07, 6.45) is 1.90. The second kappa shape index (κ2) is 4.81. The monoisotopic (exact) mass is 266 g/mol. The first kappa shape index (κ1) is 12.4. The van der Waals surface area contributed by atoms with E-state index in [9.17, 15) is 10.1 Å². The summed E-state index contributed by atoms with van der Waals surface area (Å²) >= 11 is 0. The van der Waals surface area contributed by atoms with Gasteiger partial charge in [-0.25, -0.2) is 0 Å². The van der Waals surface area contributed by atoms with Crippen LogP contribution in [0.3, 0.4) is 0 Å². The predicted octanol–water partition coefficient (Wildman–Crippen LogP) is 3.91. The number of aryl methyl sites for hydroxylation is 1. The van der Waals surface area contributed by atoms with Crippen molar-refractivity contribution < 1.29 is 4.92 Å². The van der Waals surface area contributed by atoms with Gasteiger partial charge >= 0.3 is 0 Å². The smallest absolute Gasteiger partial charge is 0.278 e. The maximum Gasteiger partial charge on any atom is 0.278 e. The number of hydrogen-bond donors (Lipinski definition) is 0. The van der Waals surface area contributed by atoms with Crippen molar-refractivity contribution in [1.82, 2.24) is 4.57 Å². The fourth-order valence-corrected chi connectivity index (χ4v) is 2.39. The van der Waals surface area contributed by atoms with E-state index in [1.54, 1.807) is 12.1 Å². The second-order valence-electron chi connectivity index (χ2n) is 4.90. The standard InChI is InChI=1S/C16H14N2O2/c1-12-5-7-13(8-6-12)11-17-10-9-14-15(17)3-2-4-16(14)18(19)20/h2-10H,11H2,1H3. The summed E-state index contributed by atoms with van der Waals surface area (Å²) in [4.78, 5) is 10.7. The first-order valence-electron chi connectivity index (χ1n) is 6.43. The number of nitro benzene ring substituents is 1. The van der Waals surface area contributed by atoms with Gasteiger partial charge in [-0.2, -0.15) is 0 Å². The van der Waals surface area contributed by atoms with E-state index in [1.165, 1.54) is 11.1 Å². The van der Waals surface area contributed by atoms with Crippen LogP contribution in [-0.2, 0) is 6.54 Å². The largest absolute Gasteiger partial charge is 0.343 e. The molecule has 0 saturated heterocycles. The Morgan fingerprint density at radius 1 is 1.10 bits per heavy atom. The lowest BCUT2D eigenvalue weighted by molar-refractivity contribution is -0.383. The summed E-state index contributed by atoms with van der Waals surface area (Å²) in [6.45, 7) is 2.77. The predicted molar refractivity (Wildman–Crippen MR) is 78.9 cm³/mol. The molecule has 0 spiro atoms. The van der Waals surface area contributed by atoms with E-state index in [1.807, 2.05) is 22.9 Å². The van der Waals surface area contributed by atoms with Crippen LogP contribution in [0, 0.1) is 17.0 Å². The molecule has 1 aromatic heterocycles. The van der Waals surface area contributed by atoms with Crippen molar-refractivity contribution in [2.24, 2.45) is 0 Å². The molecule has 0 unspecified atom stereocenters. The summed E-state index contributed by atoms with van der Waals surface area (Å²) < 4.78 is 2.03. The number of hydrogen-bond acceptors (Lipinski definition) is 2. The molecule has 0 radical (unpaired) electrons. The Hall–Kier alpha value is -2.62. The molecule has 3 rings (SSSR count). The topological polar surface area (TPSA) is 48.1 Å². The zero-order chi connectivity index (χ0) is 14.1. The third kappa shape index (κ3) is 2.16. The van der Waals surface area contributed by atoms with Gasteiger partial charge in [0.15, 0.2) is 0 Å². The highest BCUT2D eigenvalue weighted by atomic mass is 16.6. The molecule has 2 aromatic carbocycles. The van der Waals surface area contributed by atoms with Gasteiger partial charge in [0.1, 0.15) is 0 Å². The Balaban J connectivity index is 2.03. The number of benzene rings is 2. The lowest BCUT2D eigenvalue weighted by atomic mass is 10.1. The Morgan fingerprint density at radius 3 is 2.55 bits per heavy atom. The number of rotatable bonds is 3. The molecule has 20 heavy (non-hydrogen) atoms. The van der Waals surface area contributed by atoms with Crippen LogP contribution in [0.15, 0.2) is 54.7 Å². The van der Waals surface area contributed by atoms with Crippen LogP contribution in [0.25, 0.3) is 10.9 Å². The van der Waals surface area contributed by atoms with Crippen LogP contribution < -0.4 is 0 Å². The summed E-state index contributed by atoms with van der Waals surface area (Å²) in [7, 11) is 0. The molecule has 0 amide bonds. The van der Waals surface area contributed by atoms with Gasteiger partial charge in [0.25, 0.3) is 5.69 Å². The Morgan fingerprint density at radius 2 is 1.85 bits per heavy atom. The van der Waals surface area contributed by atoms with Crippen molar-refractivity contribution in [2.75, 3.05) is 0 Å². The molecule has 0 fully saturated rings. The average molecular weight is 266 g/mol. The zero-order valence-corrected chi connectivity index (χ0v) is 11.1. The van der Waals surface area contributed by atoms with Crippen LogP contribution in [0.2, 0.25) is 0 Å². The van der Waals surface area contributed by atoms with Crippen LogP contribution in [0.1, 0.15) is 11.1 Å². The first-order valence-corrected chi connectivity index (χ1v) is 6.43. The number of aromatic nitrogens is 1. The molecule has 0 aliphatic heterocycles. The van der Waals surface area contributed by atoms with E-state index in [4.69, 9.17) is 0 Å². The number of nitro groups is 1.